The van der Waals surface area contributed by atoms with E-state index in [-0.39, 0.29) is 17.9 Å². The largest absolute Gasteiger partial charge is 0.378 e. The second-order valence-electron chi connectivity index (χ2n) is 8.48. The van der Waals surface area contributed by atoms with Gasteiger partial charge in [0.25, 0.3) is 0 Å². The van der Waals surface area contributed by atoms with Crippen LogP contribution in [0.3, 0.4) is 0 Å². The van der Waals surface area contributed by atoms with Gasteiger partial charge in [0, 0.05) is 64.8 Å². The minimum atomic E-state index is -0.0586. The number of anilines is 1. The third-order valence-electron chi connectivity index (χ3n) is 6.03. The third kappa shape index (κ3) is 5.18. The Kier molecular flexibility index (Phi) is 6.81. The number of carbonyl (C=O) groups is 2. The van der Waals surface area contributed by atoms with Gasteiger partial charge in [-0.3, -0.25) is 4.79 Å². The highest BCUT2D eigenvalue weighted by Crippen LogP contribution is 2.29. The zero-order valence-corrected chi connectivity index (χ0v) is 17.5. The average Bonchev–Trinajstić information content (AvgIpc) is 3.31. The first-order chi connectivity index (χ1) is 13.4. The van der Waals surface area contributed by atoms with Gasteiger partial charge in [0.1, 0.15) is 0 Å². The first-order valence-electron chi connectivity index (χ1n) is 10.5. The van der Waals surface area contributed by atoms with Crippen molar-refractivity contribution in [2.24, 2.45) is 5.92 Å². The molecule has 2 aliphatic rings. The van der Waals surface area contributed by atoms with Crippen molar-refractivity contribution >= 4 is 17.6 Å². The van der Waals surface area contributed by atoms with Crippen LogP contribution in [0.25, 0.3) is 0 Å². The predicted molar refractivity (Wildman–Crippen MR) is 113 cm³/mol. The number of hydrogen-bond donors (Lipinski definition) is 1. The van der Waals surface area contributed by atoms with Gasteiger partial charge in [-0.25, -0.2) is 4.79 Å². The molecule has 154 valence electrons. The third-order valence-corrected chi connectivity index (χ3v) is 6.03. The number of benzene rings is 1. The van der Waals surface area contributed by atoms with Gasteiger partial charge >= 0.3 is 6.03 Å². The van der Waals surface area contributed by atoms with Crippen molar-refractivity contribution in [1.29, 1.82) is 0 Å². The van der Waals surface area contributed by atoms with E-state index < -0.39 is 0 Å². The summed E-state index contributed by atoms with van der Waals surface area (Å²) in [6.45, 7) is 2.06. The molecule has 0 bridgehead atoms. The summed E-state index contributed by atoms with van der Waals surface area (Å²) in [7, 11) is 5.87. The maximum Gasteiger partial charge on any atom is 0.317 e. The van der Waals surface area contributed by atoms with E-state index in [1.54, 1.807) is 4.90 Å². The molecule has 1 unspecified atom stereocenters. The molecule has 3 amide bonds. The van der Waals surface area contributed by atoms with E-state index >= 15 is 0 Å². The molecular weight excluding hydrogens is 352 g/mol. The Morgan fingerprint density at radius 3 is 2.46 bits per heavy atom. The number of rotatable bonds is 7. The van der Waals surface area contributed by atoms with Crippen LogP contribution in [0.1, 0.15) is 37.7 Å². The summed E-state index contributed by atoms with van der Waals surface area (Å²) in [5.74, 6) is 0.523. The number of likely N-dealkylation sites (tertiary alicyclic amines) is 1. The van der Waals surface area contributed by atoms with Gasteiger partial charge in [0.15, 0.2) is 0 Å². The van der Waals surface area contributed by atoms with Crippen LogP contribution in [0.2, 0.25) is 0 Å². The molecule has 2 fully saturated rings. The highest BCUT2D eigenvalue weighted by atomic mass is 16.2. The molecule has 0 spiro atoms. The Balaban J connectivity index is 1.39. The van der Waals surface area contributed by atoms with Gasteiger partial charge in [-0.2, -0.15) is 0 Å². The standard InChI is InChI=1S/C22H34N4O2/c1-24(2)19-10-8-17(9-11-19)12-13-23-22(28)25(3)15-18-14-21(27)26(16-18)20-6-4-5-7-20/h8-11,18,20H,4-7,12-16H2,1-3H3,(H,23,28). The summed E-state index contributed by atoms with van der Waals surface area (Å²) < 4.78 is 0. The summed E-state index contributed by atoms with van der Waals surface area (Å²) in [4.78, 5) is 30.6. The number of amides is 3. The van der Waals surface area contributed by atoms with Crippen molar-refractivity contribution < 1.29 is 9.59 Å². The fraction of sp³-hybridized carbons (Fsp3) is 0.636. The molecule has 1 aliphatic carbocycles. The molecule has 1 saturated heterocycles. The predicted octanol–water partition coefficient (Wildman–Crippen LogP) is 2.73. The van der Waals surface area contributed by atoms with Crippen molar-refractivity contribution in [1.82, 2.24) is 15.1 Å². The molecule has 1 saturated carbocycles. The second-order valence-corrected chi connectivity index (χ2v) is 8.48. The fourth-order valence-electron chi connectivity index (χ4n) is 4.38. The summed E-state index contributed by atoms with van der Waals surface area (Å²) in [5, 5.41) is 3.00. The lowest BCUT2D eigenvalue weighted by atomic mass is 10.1. The van der Waals surface area contributed by atoms with Crippen LogP contribution in [0.15, 0.2) is 24.3 Å². The van der Waals surface area contributed by atoms with E-state index in [0.717, 1.165) is 25.8 Å². The molecule has 0 aromatic heterocycles. The quantitative estimate of drug-likeness (QED) is 0.784. The smallest absolute Gasteiger partial charge is 0.317 e. The monoisotopic (exact) mass is 386 g/mol. The van der Waals surface area contributed by atoms with Crippen molar-refractivity contribution in [3.63, 3.8) is 0 Å². The van der Waals surface area contributed by atoms with Crippen molar-refractivity contribution in [2.45, 2.75) is 44.6 Å². The maximum absolute atomic E-state index is 12.4. The highest BCUT2D eigenvalue weighted by molar-refractivity contribution is 5.79. The summed E-state index contributed by atoms with van der Waals surface area (Å²) in [5.41, 5.74) is 2.38. The lowest BCUT2D eigenvalue weighted by Crippen LogP contribution is -2.41. The molecule has 1 aromatic rings. The molecule has 1 N–H and O–H groups in total. The van der Waals surface area contributed by atoms with E-state index in [0.29, 0.717) is 25.6 Å². The number of hydrogen-bond acceptors (Lipinski definition) is 3. The lowest BCUT2D eigenvalue weighted by molar-refractivity contribution is -0.129. The van der Waals surface area contributed by atoms with Crippen LogP contribution in [0.5, 0.6) is 0 Å². The average molecular weight is 387 g/mol. The van der Waals surface area contributed by atoms with Gasteiger partial charge in [-0.05, 0) is 37.0 Å². The molecule has 1 heterocycles. The minimum Gasteiger partial charge on any atom is -0.378 e. The molecule has 28 heavy (non-hydrogen) atoms. The van der Waals surface area contributed by atoms with Gasteiger partial charge in [-0.15, -0.1) is 0 Å². The van der Waals surface area contributed by atoms with E-state index in [4.69, 9.17) is 0 Å². The lowest BCUT2D eigenvalue weighted by Gasteiger charge is -2.25. The first-order valence-corrected chi connectivity index (χ1v) is 10.5. The van der Waals surface area contributed by atoms with Crippen molar-refractivity contribution in [2.75, 3.05) is 45.7 Å². The molecule has 6 nitrogen and oxygen atoms in total. The summed E-state index contributed by atoms with van der Waals surface area (Å²) in [6.07, 6.45) is 6.14. The molecule has 1 aliphatic heterocycles. The number of nitrogens with zero attached hydrogens (tertiary/aromatic N) is 3. The Morgan fingerprint density at radius 2 is 1.82 bits per heavy atom. The van der Waals surface area contributed by atoms with E-state index in [2.05, 4.69) is 39.4 Å². The van der Waals surface area contributed by atoms with Crippen LogP contribution in [-0.2, 0) is 11.2 Å². The van der Waals surface area contributed by atoms with Crippen molar-refractivity contribution in [3.8, 4) is 0 Å². The molecular formula is C22H34N4O2. The topological polar surface area (TPSA) is 55.9 Å². The number of carbonyl (C=O) groups excluding carboxylic acids is 2. The van der Waals surface area contributed by atoms with Crippen LogP contribution < -0.4 is 10.2 Å². The minimum absolute atomic E-state index is 0.0586. The Hall–Kier alpha value is -2.24. The molecule has 3 rings (SSSR count). The van der Waals surface area contributed by atoms with E-state index in [1.165, 1.54) is 24.1 Å². The summed E-state index contributed by atoms with van der Waals surface area (Å²) >= 11 is 0. The van der Waals surface area contributed by atoms with E-state index in [1.807, 2.05) is 21.1 Å². The Labute approximate surface area is 168 Å². The first kappa shape index (κ1) is 20.5. The molecule has 1 atom stereocenters. The van der Waals surface area contributed by atoms with Gasteiger partial charge < -0.3 is 20.0 Å². The van der Waals surface area contributed by atoms with Gasteiger partial charge in [-0.1, -0.05) is 25.0 Å². The number of nitrogens with one attached hydrogen (secondary N) is 1. The van der Waals surface area contributed by atoms with Gasteiger partial charge in [0.2, 0.25) is 5.91 Å². The molecule has 0 radical (unpaired) electrons. The van der Waals surface area contributed by atoms with Crippen LogP contribution in [0.4, 0.5) is 10.5 Å². The number of urea groups is 1. The van der Waals surface area contributed by atoms with Crippen LogP contribution >= 0.6 is 0 Å². The zero-order valence-electron chi connectivity index (χ0n) is 17.5. The normalized spacial score (nSPS) is 19.9. The zero-order chi connectivity index (χ0) is 20.1. The fourth-order valence-corrected chi connectivity index (χ4v) is 4.38. The van der Waals surface area contributed by atoms with Gasteiger partial charge in [0.05, 0.1) is 0 Å². The molecule has 1 aromatic carbocycles. The summed E-state index contributed by atoms with van der Waals surface area (Å²) in [6, 6.07) is 8.78. The Morgan fingerprint density at radius 1 is 1.14 bits per heavy atom. The maximum atomic E-state index is 12.4. The highest BCUT2D eigenvalue weighted by Gasteiger charge is 2.36. The second kappa shape index (κ2) is 9.30. The van der Waals surface area contributed by atoms with Crippen LogP contribution in [-0.4, -0.2) is 68.6 Å². The van der Waals surface area contributed by atoms with E-state index in [9.17, 15) is 9.59 Å². The SMILES string of the molecule is CN(CC1CC(=O)N(C2CCCC2)C1)C(=O)NCCc1ccc(N(C)C)cc1. The van der Waals surface area contributed by atoms with Crippen molar-refractivity contribution in [3.05, 3.63) is 29.8 Å². The molecule has 6 heteroatoms. The Bertz CT molecular complexity index is 668. The van der Waals surface area contributed by atoms with Crippen LogP contribution in [0, 0.1) is 5.92 Å².